The summed E-state index contributed by atoms with van der Waals surface area (Å²) in [5, 5.41) is 3.21. The van der Waals surface area contributed by atoms with Crippen molar-refractivity contribution in [3.63, 3.8) is 0 Å². The Balaban J connectivity index is 2.14. The van der Waals surface area contributed by atoms with Gasteiger partial charge in [-0.2, -0.15) is 0 Å². The number of carbonyl (C=O) groups is 1. The van der Waals surface area contributed by atoms with Crippen molar-refractivity contribution in [3.8, 4) is 5.75 Å². The van der Waals surface area contributed by atoms with Crippen LogP contribution in [0.2, 0.25) is 5.02 Å². The Labute approximate surface area is 130 Å². The first-order valence-corrected chi connectivity index (χ1v) is 7.11. The second-order valence-electron chi connectivity index (χ2n) is 3.92. The standard InChI is InChI=1S/C14H12BrClN2O2/c1-2-20-13-4-3-11(6-12(13)16)18-14(19)9-5-10(15)8-17-7-9/h3-8H,2H2,1H3,(H,18,19). The van der Waals surface area contributed by atoms with Crippen molar-refractivity contribution >= 4 is 39.1 Å². The molecule has 1 aromatic carbocycles. The van der Waals surface area contributed by atoms with Gasteiger partial charge < -0.3 is 10.1 Å². The van der Waals surface area contributed by atoms with Crippen molar-refractivity contribution in [2.24, 2.45) is 0 Å². The number of aromatic nitrogens is 1. The zero-order valence-corrected chi connectivity index (χ0v) is 13.0. The molecule has 1 aromatic heterocycles. The van der Waals surface area contributed by atoms with Crippen LogP contribution in [0.3, 0.4) is 0 Å². The molecule has 1 amide bonds. The quantitative estimate of drug-likeness (QED) is 0.896. The van der Waals surface area contributed by atoms with Crippen LogP contribution in [-0.4, -0.2) is 17.5 Å². The molecule has 0 fully saturated rings. The molecule has 0 radical (unpaired) electrons. The van der Waals surface area contributed by atoms with Gasteiger partial charge in [0.25, 0.3) is 5.91 Å². The molecule has 2 rings (SSSR count). The number of benzene rings is 1. The third-order valence-corrected chi connectivity index (χ3v) is 3.19. The summed E-state index contributed by atoms with van der Waals surface area (Å²) in [7, 11) is 0. The average molecular weight is 356 g/mol. The maximum Gasteiger partial charge on any atom is 0.257 e. The van der Waals surface area contributed by atoms with Gasteiger partial charge in [-0.25, -0.2) is 0 Å². The molecule has 4 nitrogen and oxygen atoms in total. The predicted octanol–water partition coefficient (Wildman–Crippen LogP) is 4.15. The molecule has 0 saturated carbocycles. The van der Waals surface area contributed by atoms with Gasteiger partial charge in [-0.1, -0.05) is 11.6 Å². The Morgan fingerprint density at radius 3 is 2.85 bits per heavy atom. The molecule has 0 atom stereocenters. The Morgan fingerprint density at radius 1 is 1.40 bits per heavy atom. The number of hydrogen-bond acceptors (Lipinski definition) is 3. The molecule has 0 bridgehead atoms. The summed E-state index contributed by atoms with van der Waals surface area (Å²) in [5.74, 6) is 0.343. The highest BCUT2D eigenvalue weighted by molar-refractivity contribution is 9.10. The Bertz CT molecular complexity index is 634. The fourth-order valence-corrected chi connectivity index (χ4v) is 2.19. The summed E-state index contributed by atoms with van der Waals surface area (Å²) >= 11 is 9.34. The summed E-state index contributed by atoms with van der Waals surface area (Å²) < 4.78 is 6.08. The smallest absolute Gasteiger partial charge is 0.257 e. The normalized spacial score (nSPS) is 10.2. The minimum atomic E-state index is -0.251. The number of carbonyl (C=O) groups excluding carboxylic acids is 1. The van der Waals surface area contributed by atoms with Crippen LogP contribution >= 0.6 is 27.5 Å². The lowest BCUT2D eigenvalue weighted by Gasteiger charge is -2.09. The Kier molecular flexibility index (Phi) is 4.98. The highest BCUT2D eigenvalue weighted by Gasteiger charge is 2.09. The molecule has 20 heavy (non-hydrogen) atoms. The summed E-state index contributed by atoms with van der Waals surface area (Å²) in [6.45, 7) is 2.42. The van der Waals surface area contributed by atoms with Crippen LogP contribution in [0.5, 0.6) is 5.75 Å². The average Bonchev–Trinajstić information content (AvgIpc) is 2.42. The van der Waals surface area contributed by atoms with Gasteiger partial charge in [-0.3, -0.25) is 9.78 Å². The van der Waals surface area contributed by atoms with E-state index in [1.54, 1.807) is 30.5 Å². The van der Waals surface area contributed by atoms with E-state index >= 15 is 0 Å². The lowest BCUT2D eigenvalue weighted by Crippen LogP contribution is -2.12. The fourth-order valence-electron chi connectivity index (χ4n) is 1.59. The number of ether oxygens (including phenoxy) is 1. The van der Waals surface area contributed by atoms with Gasteiger partial charge >= 0.3 is 0 Å². The van der Waals surface area contributed by atoms with Crippen LogP contribution in [-0.2, 0) is 0 Å². The Morgan fingerprint density at radius 2 is 2.20 bits per heavy atom. The topological polar surface area (TPSA) is 51.2 Å². The first-order valence-electron chi connectivity index (χ1n) is 5.94. The van der Waals surface area contributed by atoms with Crippen molar-refractivity contribution < 1.29 is 9.53 Å². The summed E-state index contributed by atoms with van der Waals surface area (Å²) in [5.41, 5.74) is 1.06. The van der Waals surface area contributed by atoms with E-state index in [1.807, 2.05) is 6.92 Å². The maximum absolute atomic E-state index is 12.0. The molecule has 2 aromatic rings. The van der Waals surface area contributed by atoms with E-state index in [9.17, 15) is 4.79 Å². The van der Waals surface area contributed by atoms with E-state index in [0.29, 0.717) is 28.6 Å². The molecule has 1 heterocycles. The number of rotatable bonds is 4. The van der Waals surface area contributed by atoms with Gasteiger partial charge in [-0.15, -0.1) is 0 Å². The molecule has 104 valence electrons. The van der Waals surface area contributed by atoms with Crippen LogP contribution in [0.4, 0.5) is 5.69 Å². The first-order chi connectivity index (χ1) is 9.60. The predicted molar refractivity (Wildman–Crippen MR) is 82.5 cm³/mol. The molecule has 6 heteroatoms. The van der Waals surface area contributed by atoms with Crippen LogP contribution < -0.4 is 10.1 Å². The van der Waals surface area contributed by atoms with Gasteiger partial charge in [0.05, 0.1) is 17.2 Å². The number of anilines is 1. The molecular formula is C14H12BrClN2O2. The third-order valence-electron chi connectivity index (χ3n) is 2.46. The van der Waals surface area contributed by atoms with Crippen molar-refractivity contribution in [2.45, 2.75) is 6.92 Å². The van der Waals surface area contributed by atoms with Crippen LogP contribution in [0.25, 0.3) is 0 Å². The number of amides is 1. The molecule has 0 aliphatic carbocycles. The van der Waals surface area contributed by atoms with Crippen molar-refractivity contribution in [1.29, 1.82) is 0 Å². The minimum absolute atomic E-state index is 0.251. The zero-order chi connectivity index (χ0) is 14.5. The van der Waals surface area contributed by atoms with Crippen molar-refractivity contribution in [3.05, 3.63) is 51.7 Å². The van der Waals surface area contributed by atoms with Gasteiger partial charge in [0.2, 0.25) is 0 Å². The number of nitrogens with zero attached hydrogens (tertiary/aromatic N) is 1. The van der Waals surface area contributed by atoms with Gasteiger partial charge in [-0.05, 0) is 47.1 Å². The first kappa shape index (κ1) is 14.8. The number of pyridine rings is 1. The lowest BCUT2D eigenvalue weighted by atomic mass is 10.2. The molecular weight excluding hydrogens is 344 g/mol. The third kappa shape index (κ3) is 3.71. The molecule has 1 N–H and O–H groups in total. The molecule has 0 aliphatic rings. The van der Waals surface area contributed by atoms with Crippen LogP contribution in [0, 0.1) is 0 Å². The van der Waals surface area contributed by atoms with E-state index in [4.69, 9.17) is 16.3 Å². The highest BCUT2D eigenvalue weighted by Crippen LogP contribution is 2.27. The molecule has 0 unspecified atom stereocenters. The van der Waals surface area contributed by atoms with E-state index in [2.05, 4.69) is 26.2 Å². The summed E-state index contributed by atoms with van der Waals surface area (Å²) in [6, 6.07) is 6.80. The molecule has 0 saturated heterocycles. The lowest BCUT2D eigenvalue weighted by molar-refractivity contribution is 0.102. The van der Waals surface area contributed by atoms with Crippen molar-refractivity contribution in [1.82, 2.24) is 4.98 Å². The minimum Gasteiger partial charge on any atom is -0.492 e. The van der Waals surface area contributed by atoms with Gasteiger partial charge in [0, 0.05) is 22.6 Å². The van der Waals surface area contributed by atoms with E-state index in [1.165, 1.54) is 6.20 Å². The Hall–Kier alpha value is -1.59. The number of nitrogens with one attached hydrogen (secondary N) is 1. The van der Waals surface area contributed by atoms with Gasteiger partial charge in [0.15, 0.2) is 0 Å². The van der Waals surface area contributed by atoms with E-state index in [0.717, 1.165) is 4.47 Å². The van der Waals surface area contributed by atoms with Crippen LogP contribution in [0.1, 0.15) is 17.3 Å². The second-order valence-corrected chi connectivity index (χ2v) is 5.25. The fraction of sp³-hybridized carbons (Fsp3) is 0.143. The second kappa shape index (κ2) is 6.72. The largest absolute Gasteiger partial charge is 0.492 e. The van der Waals surface area contributed by atoms with Gasteiger partial charge in [0.1, 0.15) is 5.75 Å². The van der Waals surface area contributed by atoms with Crippen LogP contribution in [0.15, 0.2) is 41.1 Å². The summed E-state index contributed by atoms with van der Waals surface area (Å²) in [6.07, 6.45) is 3.11. The zero-order valence-electron chi connectivity index (χ0n) is 10.7. The van der Waals surface area contributed by atoms with Crippen molar-refractivity contribution in [2.75, 3.05) is 11.9 Å². The molecule has 0 spiro atoms. The molecule has 0 aliphatic heterocycles. The van der Waals surface area contributed by atoms with E-state index < -0.39 is 0 Å². The SMILES string of the molecule is CCOc1ccc(NC(=O)c2cncc(Br)c2)cc1Cl. The number of hydrogen-bond donors (Lipinski definition) is 1. The summed E-state index contributed by atoms with van der Waals surface area (Å²) in [4.78, 5) is 16.0. The monoisotopic (exact) mass is 354 g/mol. The number of halogens is 2. The highest BCUT2D eigenvalue weighted by atomic mass is 79.9. The van der Waals surface area contributed by atoms with E-state index in [-0.39, 0.29) is 5.91 Å². The maximum atomic E-state index is 12.0.